The molecule has 4 heteroatoms. The number of unbranched alkanes of at least 4 members (excludes halogenated alkanes) is 6. The van der Waals surface area contributed by atoms with E-state index in [1.54, 1.807) is 12.1 Å². The average Bonchev–Trinajstić information content (AvgIpc) is 2.77. The van der Waals surface area contributed by atoms with Gasteiger partial charge in [0.2, 0.25) is 0 Å². The maximum absolute atomic E-state index is 12.0. The van der Waals surface area contributed by atoms with E-state index in [0.717, 1.165) is 24.0 Å². The highest BCUT2D eigenvalue weighted by Crippen LogP contribution is 2.22. The molecule has 0 unspecified atom stereocenters. The van der Waals surface area contributed by atoms with Crippen molar-refractivity contribution in [2.75, 3.05) is 6.61 Å². The van der Waals surface area contributed by atoms with E-state index in [2.05, 4.69) is 6.92 Å². The van der Waals surface area contributed by atoms with Gasteiger partial charge in [0.05, 0.1) is 6.61 Å². The molecule has 0 bridgehead atoms. The minimum absolute atomic E-state index is 0.201. The molecule has 0 atom stereocenters. The largest absolute Gasteiger partial charge is 0.466 e. The molecule has 2 aromatic carbocycles. The molecular formula is C26H34O4. The smallest absolute Gasteiger partial charge is 0.311 e. The molecule has 0 N–H and O–H groups in total. The van der Waals surface area contributed by atoms with Crippen LogP contribution in [0.1, 0.15) is 71.1 Å². The normalized spacial score (nSPS) is 10.6. The Kier molecular flexibility index (Phi) is 11.3. The van der Waals surface area contributed by atoms with Crippen molar-refractivity contribution in [3.8, 4) is 16.9 Å². The van der Waals surface area contributed by atoms with Gasteiger partial charge in [0.1, 0.15) is 5.75 Å². The third kappa shape index (κ3) is 9.73. The third-order valence-corrected chi connectivity index (χ3v) is 4.97. The van der Waals surface area contributed by atoms with Crippen molar-refractivity contribution in [2.24, 2.45) is 0 Å². The lowest BCUT2D eigenvalue weighted by molar-refractivity contribution is -0.144. The maximum atomic E-state index is 12.0. The molecule has 162 valence electrons. The van der Waals surface area contributed by atoms with E-state index in [0.29, 0.717) is 18.8 Å². The second-order valence-electron chi connectivity index (χ2n) is 7.56. The van der Waals surface area contributed by atoms with Crippen molar-refractivity contribution in [3.63, 3.8) is 0 Å². The van der Waals surface area contributed by atoms with Crippen molar-refractivity contribution < 1.29 is 19.1 Å². The van der Waals surface area contributed by atoms with Crippen molar-refractivity contribution in [2.45, 2.75) is 71.1 Å². The number of carbonyl (C=O) groups excluding carboxylic acids is 2. The molecule has 0 saturated carbocycles. The summed E-state index contributed by atoms with van der Waals surface area (Å²) in [5.74, 6) is -0.0514. The number of carbonyl (C=O) groups is 2. The van der Waals surface area contributed by atoms with Crippen molar-refractivity contribution in [3.05, 3.63) is 54.6 Å². The van der Waals surface area contributed by atoms with E-state index < -0.39 is 0 Å². The predicted octanol–water partition coefficient (Wildman–Crippen LogP) is 6.72. The average molecular weight is 411 g/mol. The first-order valence-electron chi connectivity index (χ1n) is 11.2. The van der Waals surface area contributed by atoms with Gasteiger partial charge in [0, 0.05) is 12.8 Å². The van der Waals surface area contributed by atoms with Crippen LogP contribution >= 0.6 is 0 Å². The fourth-order valence-electron chi connectivity index (χ4n) is 3.22. The zero-order valence-electron chi connectivity index (χ0n) is 18.1. The summed E-state index contributed by atoms with van der Waals surface area (Å²) in [7, 11) is 0. The maximum Gasteiger partial charge on any atom is 0.311 e. The quantitative estimate of drug-likeness (QED) is 0.197. The van der Waals surface area contributed by atoms with Crippen LogP contribution < -0.4 is 4.74 Å². The van der Waals surface area contributed by atoms with Crippen LogP contribution in [0.25, 0.3) is 11.1 Å². The fourth-order valence-corrected chi connectivity index (χ4v) is 3.22. The molecule has 0 saturated heterocycles. The predicted molar refractivity (Wildman–Crippen MR) is 120 cm³/mol. The summed E-state index contributed by atoms with van der Waals surface area (Å²) < 4.78 is 10.6. The monoisotopic (exact) mass is 410 g/mol. The Balaban J connectivity index is 1.55. The van der Waals surface area contributed by atoms with Gasteiger partial charge >= 0.3 is 11.9 Å². The molecule has 2 rings (SSSR count). The fraction of sp³-hybridized carbons (Fsp3) is 0.462. The molecule has 0 heterocycles. The molecule has 0 fully saturated rings. The molecule has 0 radical (unpaired) electrons. The lowest BCUT2D eigenvalue weighted by Crippen LogP contribution is -2.10. The molecule has 4 nitrogen and oxygen atoms in total. The highest BCUT2D eigenvalue weighted by atomic mass is 16.5. The van der Waals surface area contributed by atoms with Gasteiger partial charge in [-0.15, -0.1) is 0 Å². The van der Waals surface area contributed by atoms with E-state index in [1.165, 1.54) is 32.1 Å². The lowest BCUT2D eigenvalue weighted by Gasteiger charge is -2.07. The van der Waals surface area contributed by atoms with Gasteiger partial charge in [-0.3, -0.25) is 9.59 Å². The summed E-state index contributed by atoms with van der Waals surface area (Å²) in [5, 5.41) is 0. The lowest BCUT2D eigenvalue weighted by atomic mass is 10.1. The van der Waals surface area contributed by atoms with E-state index in [1.807, 2.05) is 42.5 Å². The van der Waals surface area contributed by atoms with Crippen LogP contribution in [0, 0.1) is 0 Å². The third-order valence-electron chi connectivity index (χ3n) is 4.97. The highest BCUT2D eigenvalue weighted by molar-refractivity contribution is 5.74. The van der Waals surface area contributed by atoms with Crippen LogP contribution in [0.5, 0.6) is 5.75 Å². The molecule has 0 aliphatic rings. The van der Waals surface area contributed by atoms with Crippen LogP contribution in [-0.4, -0.2) is 18.5 Å². The number of benzene rings is 2. The summed E-state index contributed by atoms with van der Waals surface area (Å²) in [4.78, 5) is 23.7. The second kappa shape index (κ2) is 14.4. The van der Waals surface area contributed by atoms with Crippen LogP contribution in [0.2, 0.25) is 0 Å². The summed E-state index contributed by atoms with van der Waals surface area (Å²) in [6, 6.07) is 17.5. The van der Waals surface area contributed by atoms with E-state index in [9.17, 15) is 9.59 Å². The van der Waals surface area contributed by atoms with E-state index in [-0.39, 0.29) is 24.8 Å². The molecule has 0 aliphatic carbocycles. The Morgan fingerprint density at radius 1 is 0.667 bits per heavy atom. The first-order chi connectivity index (χ1) is 14.7. The van der Waals surface area contributed by atoms with Gasteiger partial charge in [0.15, 0.2) is 0 Å². The van der Waals surface area contributed by atoms with Crippen molar-refractivity contribution in [1.82, 2.24) is 0 Å². The van der Waals surface area contributed by atoms with Gasteiger partial charge in [-0.25, -0.2) is 0 Å². The Bertz CT molecular complexity index is 737. The standard InChI is InChI=1S/C26H34O4/c1-2-3-4-5-6-7-11-21-29-25(27)15-12-16-26(28)30-24-19-17-23(18-20-24)22-13-9-8-10-14-22/h8-10,13-14,17-20H,2-7,11-12,15-16,21H2,1H3. The van der Waals surface area contributed by atoms with Crippen LogP contribution in [0.15, 0.2) is 54.6 Å². The Labute approximate surface area is 180 Å². The topological polar surface area (TPSA) is 52.6 Å². The minimum atomic E-state index is -0.331. The van der Waals surface area contributed by atoms with Crippen LogP contribution in [-0.2, 0) is 14.3 Å². The van der Waals surface area contributed by atoms with E-state index in [4.69, 9.17) is 9.47 Å². The minimum Gasteiger partial charge on any atom is -0.466 e. The SMILES string of the molecule is CCCCCCCCCOC(=O)CCCC(=O)Oc1ccc(-c2ccccc2)cc1. The van der Waals surface area contributed by atoms with Gasteiger partial charge in [-0.05, 0) is 36.1 Å². The molecule has 0 aliphatic heterocycles. The molecule has 30 heavy (non-hydrogen) atoms. The molecular weight excluding hydrogens is 376 g/mol. The Morgan fingerprint density at radius 3 is 1.97 bits per heavy atom. The van der Waals surface area contributed by atoms with Crippen LogP contribution in [0.3, 0.4) is 0 Å². The molecule has 0 amide bonds. The Hall–Kier alpha value is -2.62. The van der Waals surface area contributed by atoms with Gasteiger partial charge in [-0.2, -0.15) is 0 Å². The first kappa shape index (κ1) is 23.7. The molecule has 0 spiro atoms. The van der Waals surface area contributed by atoms with Gasteiger partial charge < -0.3 is 9.47 Å². The summed E-state index contributed by atoms with van der Waals surface area (Å²) in [5.41, 5.74) is 2.18. The second-order valence-corrected chi connectivity index (χ2v) is 7.56. The summed E-state index contributed by atoms with van der Waals surface area (Å²) in [6.45, 7) is 2.69. The first-order valence-corrected chi connectivity index (χ1v) is 11.2. The van der Waals surface area contributed by atoms with Crippen LogP contribution in [0.4, 0.5) is 0 Å². The number of hydrogen-bond acceptors (Lipinski definition) is 4. The van der Waals surface area contributed by atoms with Crippen molar-refractivity contribution >= 4 is 11.9 Å². The number of hydrogen-bond donors (Lipinski definition) is 0. The summed E-state index contributed by atoms with van der Waals surface area (Å²) in [6.07, 6.45) is 9.23. The summed E-state index contributed by atoms with van der Waals surface area (Å²) >= 11 is 0. The number of ether oxygens (including phenoxy) is 2. The molecule has 0 aromatic heterocycles. The van der Waals surface area contributed by atoms with Gasteiger partial charge in [-0.1, -0.05) is 87.9 Å². The number of esters is 2. The molecule has 2 aromatic rings. The number of rotatable bonds is 14. The van der Waals surface area contributed by atoms with Gasteiger partial charge in [0.25, 0.3) is 0 Å². The zero-order valence-corrected chi connectivity index (χ0v) is 18.1. The van der Waals surface area contributed by atoms with E-state index >= 15 is 0 Å². The van der Waals surface area contributed by atoms with Crippen molar-refractivity contribution in [1.29, 1.82) is 0 Å². The highest BCUT2D eigenvalue weighted by Gasteiger charge is 2.09. The zero-order chi connectivity index (χ0) is 21.4. The Morgan fingerprint density at radius 2 is 1.27 bits per heavy atom.